The van der Waals surface area contributed by atoms with Crippen LogP contribution in [0.1, 0.15) is 12.0 Å². The molecule has 2 amide bonds. The fourth-order valence-corrected chi connectivity index (χ4v) is 3.95. The van der Waals surface area contributed by atoms with Gasteiger partial charge < -0.3 is 10.1 Å². The summed E-state index contributed by atoms with van der Waals surface area (Å²) in [6.45, 7) is 1.27. The van der Waals surface area contributed by atoms with Crippen LogP contribution in [0.25, 0.3) is 0 Å². The second kappa shape index (κ2) is 10.1. The van der Waals surface area contributed by atoms with E-state index >= 15 is 0 Å². The van der Waals surface area contributed by atoms with Crippen LogP contribution in [0.15, 0.2) is 65.7 Å². The van der Waals surface area contributed by atoms with Crippen LogP contribution in [0.4, 0.5) is 5.69 Å². The van der Waals surface area contributed by atoms with Crippen molar-refractivity contribution in [3.05, 3.63) is 66.2 Å². The maximum atomic E-state index is 12.8. The highest BCUT2D eigenvalue weighted by molar-refractivity contribution is 8.15. The second-order valence-corrected chi connectivity index (χ2v) is 7.46. The van der Waals surface area contributed by atoms with Gasteiger partial charge in [-0.15, -0.1) is 0 Å². The molecule has 0 spiro atoms. The fraction of sp³-hybridized carbons (Fsp3) is 0.286. The van der Waals surface area contributed by atoms with Crippen molar-refractivity contribution in [3.8, 4) is 0 Å². The molecule has 0 aliphatic carbocycles. The third-order valence-corrected chi connectivity index (χ3v) is 5.40. The van der Waals surface area contributed by atoms with Crippen LogP contribution >= 0.6 is 11.8 Å². The van der Waals surface area contributed by atoms with Crippen molar-refractivity contribution in [2.75, 3.05) is 20.3 Å². The van der Waals surface area contributed by atoms with E-state index in [1.165, 1.54) is 11.8 Å². The number of nitrogens with zero attached hydrogens (tertiary/aromatic N) is 2. The van der Waals surface area contributed by atoms with E-state index in [9.17, 15) is 9.59 Å². The maximum Gasteiger partial charge on any atom is 0.242 e. The zero-order chi connectivity index (χ0) is 19.8. The lowest BCUT2D eigenvalue weighted by atomic mass is 10.2. The minimum absolute atomic E-state index is 0.105. The van der Waals surface area contributed by atoms with Crippen LogP contribution in [0, 0.1) is 0 Å². The van der Waals surface area contributed by atoms with Gasteiger partial charge in [-0.05, 0) is 17.7 Å². The van der Waals surface area contributed by atoms with Crippen molar-refractivity contribution in [1.29, 1.82) is 0 Å². The minimum atomic E-state index is -0.477. The van der Waals surface area contributed by atoms with Gasteiger partial charge in [0.15, 0.2) is 5.17 Å². The summed E-state index contributed by atoms with van der Waals surface area (Å²) in [5.74, 6) is -0.256. The molecule has 1 fully saturated rings. The number of carbonyl (C=O) groups excluding carboxylic acids is 2. The summed E-state index contributed by atoms with van der Waals surface area (Å²) in [5, 5.41) is 3.01. The van der Waals surface area contributed by atoms with Gasteiger partial charge in [-0.3, -0.25) is 14.5 Å². The predicted molar refractivity (Wildman–Crippen MR) is 111 cm³/mol. The molecular weight excluding hydrogens is 374 g/mol. The number of amides is 2. The number of aliphatic imine (C=N–C) groups is 1. The quantitative estimate of drug-likeness (QED) is 0.743. The number of nitrogens with one attached hydrogen (secondary N) is 1. The fourth-order valence-electron chi connectivity index (χ4n) is 2.76. The van der Waals surface area contributed by atoms with Crippen molar-refractivity contribution >= 4 is 34.4 Å². The molecule has 0 saturated carbocycles. The Kier molecular flexibility index (Phi) is 7.22. The molecule has 1 aliphatic heterocycles. The molecule has 0 radical (unpaired) electrons. The van der Waals surface area contributed by atoms with Crippen LogP contribution < -0.4 is 5.32 Å². The first-order chi connectivity index (χ1) is 13.7. The van der Waals surface area contributed by atoms with Crippen molar-refractivity contribution in [1.82, 2.24) is 10.2 Å². The Morgan fingerprint density at radius 3 is 2.50 bits per heavy atom. The van der Waals surface area contributed by atoms with Gasteiger partial charge in [0.1, 0.15) is 5.25 Å². The molecule has 2 aromatic carbocycles. The molecule has 2 aromatic rings. The van der Waals surface area contributed by atoms with Crippen molar-refractivity contribution in [3.63, 3.8) is 0 Å². The first-order valence-corrected chi connectivity index (χ1v) is 9.96. The summed E-state index contributed by atoms with van der Waals surface area (Å²) >= 11 is 1.33. The molecule has 1 heterocycles. The van der Waals surface area contributed by atoms with Gasteiger partial charge in [0.05, 0.1) is 18.8 Å². The van der Waals surface area contributed by atoms with Gasteiger partial charge in [0.2, 0.25) is 11.8 Å². The zero-order valence-electron chi connectivity index (χ0n) is 15.7. The average molecular weight is 398 g/mol. The Morgan fingerprint density at radius 2 is 1.82 bits per heavy atom. The Balaban J connectivity index is 1.65. The number of hydrogen-bond acceptors (Lipinski definition) is 5. The lowest BCUT2D eigenvalue weighted by molar-refractivity contribution is -0.129. The van der Waals surface area contributed by atoms with E-state index in [1.807, 2.05) is 60.7 Å². The predicted octanol–water partition coefficient (Wildman–Crippen LogP) is 2.97. The van der Waals surface area contributed by atoms with Gasteiger partial charge in [-0.25, -0.2) is 4.99 Å². The van der Waals surface area contributed by atoms with E-state index in [4.69, 9.17) is 4.74 Å². The molecule has 1 saturated heterocycles. The molecule has 0 bridgehead atoms. The number of thioether (sulfide) groups is 1. The highest BCUT2D eigenvalue weighted by Crippen LogP contribution is 2.31. The highest BCUT2D eigenvalue weighted by atomic mass is 32.2. The molecule has 7 heteroatoms. The van der Waals surface area contributed by atoms with Crippen molar-refractivity contribution < 1.29 is 14.3 Å². The number of carbonyl (C=O) groups is 2. The number of rotatable bonds is 8. The third-order valence-electron chi connectivity index (χ3n) is 4.22. The summed E-state index contributed by atoms with van der Waals surface area (Å²) in [7, 11) is 1.59. The van der Waals surface area contributed by atoms with Crippen LogP contribution in [0.5, 0.6) is 0 Å². The monoisotopic (exact) mass is 397 g/mol. The van der Waals surface area contributed by atoms with Gasteiger partial charge in [0, 0.05) is 20.1 Å². The molecule has 1 N–H and O–H groups in total. The Morgan fingerprint density at radius 1 is 1.14 bits per heavy atom. The van der Waals surface area contributed by atoms with Crippen LogP contribution in [-0.4, -0.2) is 47.4 Å². The van der Waals surface area contributed by atoms with Crippen LogP contribution in [0.3, 0.4) is 0 Å². The molecule has 0 aromatic heterocycles. The lowest BCUT2D eigenvalue weighted by Gasteiger charge is -2.15. The zero-order valence-corrected chi connectivity index (χ0v) is 16.5. The number of ether oxygens (including phenoxy) is 1. The largest absolute Gasteiger partial charge is 0.383 e. The molecule has 1 atom stereocenters. The summed E-state index contributed by atoms with van der Waals surface area (Å²) in [6.07, 6.45) is 0.119. The number of methoxy groups -OCH3 is 1. The Labute approximate surface area is 169 Å². The topological polar surface area (TPSA) is 71.0 Å². The van der Waals surface area contributed by atoms with E-state index in [0.717, 1.165) is 11.3 Å². The normalized spacial score (nSPS) is 17.9. The molecule has 28 heavy (non-hydrogen) atoms. The smallest absolute Gasteiger partial charge is 0.242 e. The maximum absolute atomic E-state index is 12.8. The Bertz CT molecular complexity index is 827. The minimum Gasteiger partial charge on any atom is -0.383 e. The molecule has 1 aliphatic rings. The molecule has 6 nitrogen and oxygen atoms in total. The SMILES string of the molecule is COCCN1C(=O)[C@@H](CC(=O)NCc2ccccc2)SC1=Nc1ccccc1. The molecule has 146 valence electrons. The van der Waals surface area contributed by atoms with Gasteiger partial charge in [0.25, 0.3) is 0 Å². The second-order valence-electron chi connectivity index (χ2n) is 6.29. The van der Waals surface area contributed by atoms with E-state index < -0.39 is 5.25 Å². The number of benzene rings is 2. The number of para-hydroxylation sites is 1. The van der Waals surface area contributed by atoms with Crippen LogP contribution in [0.2, 0.25) is 0 Å². The van der Waals surface area contributed by atoms with Gasteiger partial charge in [-0.1, -0.05) is 60.3 Å². The van der Waals surface area contributed by atoms with Crippen molar-refractivity contribution in [2.45, 2.75) is 18.2 Å². The first-order valence-electron chi connectivity index (χ1n) is 9.08. The van der Waals surface area contributed by atoms with E-state index in [1.54, 1.807) is 12.0 Å². The highest BCUT2D eigenvalue weighted by Gasteiger charge is 2.38. The van der Waals surface area contributed by atoms with Crippen LogP contribution in [-0.2, 0) is 20.9 Å². The number of amidine groups is 1. The summed E-state index contributed by atoms with van der Waals surface area (Å²) in [5.41, 5.74) is 1.80. The van der Waals surface area contributed by atoms with E-state index in [-0.39, 0.29) is 18.2 Å². The van der Waals surface area contributed by atoms with E-state index in [2.05, 4.69) is 10.3 Å². The summed E-state index contributed by atoms with van der Waals surface area (Å²) < 4.78 is 5.12. The van der Waals surface area contributed by atoms with Crippen molar-refractivity contribution in [2.24, 2.45) is 4.99 Å². The summed E-state index contributed by atoms with van der Waals surface area (Å²) in [4.78, 5) is 31.4. The molecule has 3 rings (SSSR count). The number of hydrogen-bond donors (Lipinski definition) is 1. The standard InChI is InChI=1S/C21H23N3O3S/c1-27-13-12-24-20(26)18(28-21(24)23-17-10-6-3-7-11-17)14-19(25)22-15-16-8-4-2-5-9-16/h2-11,18H,12-15H2,1H3,(H,22,25)/t18-/m1/s1. The molecular formula is C21H23N3O3S. The van der Waals surface area contributed by atoms with Gasteiger partial charge in [-0.2, -0.15) is 0 Å². The first kappa shape index (κ1) is 20.1. The van der Waals surface area contributed by atoms with E-state index in [0.29, 0.717) is 24.9 Å². The average Bonchev–Trinajstić information content (AvgIpc) is 3.00. The third kappa shape index (κ3) is 5.43. The molecule has 0 unspecified atom stereocenters. The lowest BCUT2D eigenvalue weighted by Crippen LogP contribution is -2.36. The summed E-state index contributed by atoms with van der Waals surface area (Å²) in [6, 6.07) is 19.2. The Hall–Kier alpha value is -2.64. The van der Waals surface area contributed by atoms with Gasteiger partial charge >= 0.3 is 0 Å².